The van der Waals surface area contributed by atoms with Crippen LogP contribution in [0, 0.1) is 6.92 Å². The van der Waals surface area contributed by atoms with E-state index in [1.54, 1.807) is 24.3 Å². The van der Waals surface area contributed by atoms with Crippen LogP contribution >= 0.6 is 0 Å². The molecule has 6 nitrogen and oxygen atoms in total. The first-order chi connectivity index (χ1) is 12.9. The van der Waals surface area contributed by atoms with Gasteiger partial charge in [-0.05, 0) is 25.1 Å². The van der Waals surface area contributed by atoms with Crippen LogP contribution in [-0.2, 0) is 25.0 Å². The second kappa shape index (κ2) is 6.28. The predicted molar refractivity (Wildman–Crippen MR) is 102 cm³/mol. The largest absolute Gasteiger partial charge is 0.468 e. The molecule has 0 amide bonds. The normalized spacial score (nSPS) is 21.9. The third-order valence-electron chi connectivity index (χ3n) is 5.32. The molecule has 2 aromatic rings. The zero-order valence-corrected chi connectivity index (χ0v) is 16.0. The number of carbonyl (C=O) groups excluding carboxylic acids is 1. The number of piperidine rings is 1. The molecule has 0 saturated carbocycles. The van der Waals surface area contributed by atoms with Crippen LogP contribution < -0.4 is 0 Å². The maximum atomic E-state index is 13.2. The summed E-state index contributed by atoms with van der Waals surface area (Å²) in [4.78, 5) is 17.7. The number of hydrogen-bond acceptors (Lipinski definition) is 5. The number of aliphatic imine (C=N–C) groups is 1. The van der Waals surface area contributed by atoms with E-state index in [0.29, 0.717) is 23.4 Å². The number of benzene rings is 2. The van der Waals surface area contributed by atoms with Gasteiger partial charge in [0.05, 0.1) is 17.7 Å². The topological polar surface area (TPSA) is 76.0 Å². The Morgan fingerprint density at radius 2 is 1.85 bits per heavy atom. The molecule has 0 aromatic heterocycles. The molecule has 27 heavy (non-hydrogen) atoms. The predicted octanol–water partition coefficient (Wildman–Crippen LogP) is 2.59. The highest BCUT2D eigenvalue weighted by molar-refractivity contribution is 7.89. The van der Waals surface area contributed by atoms with Crippen molar-refractivity contribution in [1.82, 2.24) is 4.31 Å². The molecule has 2 aliphatic heterocycles. The molecule has 0 spiro atoms. The second-order valence-corrected chi connectivity index (χ2v) is 8.81. The van der Waals surface area contributed by atoms with Gasteiger partial charge < -0.3 is 4.74 Å². The van der Waals surface area contributed by atoms with Crippen LogP contribution in [0.25, 0.3) is 0 Å². The Labute approximate surface area is 158 Å². The standard InChI is InChI=1S/C20H20N2O4S/c1-14-7-9-15(10-8-14)27(24,25)22-12-11-18-20(13-22,19(23)26-2)16-5-3-4-6-17(16)21-18/h3-10H,11-13H2,1-2H3. The lowest BCUT2D eigenvalue weighted by molar-refractivity contribution is -0.145. The maximum Gasteiger partial charge on any atom is 0.323 e. The van der Waals surface area contributed by atoms with Gasteiger partial charge in [0.25, 0.3) is 0 Å². The molecule has 1 atom stereocenters. The lowest BCUT2D eigenvalue weighted by atomic mass is 9.74. The molecule has 1 fully saturated rings. The molecule has 140 valence electrons. The van der Waals surface area contributed by atoms with Crippen molar-refractivity contribution >= 4 is 27.4 Å². The summed E-state index contributed by atoms with van der Waals surface area (Å²) in [6.07, 6.45) is 0.384. The summed E-state index contributed by atoms with van der Waals surface area (Å²) in [7, 11) is -2.41. The fourth-order valence-electron chi connectivity index (χ4n) is 3.88. The van der Waals surface area contributed by atoms with E-state index >= 15 is 0 Å². The second-order valence-electron chi connectivity index (χ2n) is 6.87. The summed E-state index contributed by atoms with van der Waals surface area (Å²) in [5.41, 5.74) is 1.88. The molecule has 1 saturated heterocycles. The van der Waals surface area contributed by atoms with E-state index in [0.717, 1.165) is 5.56 Å². The van der Waals surface area contributed by atoms with E-state index in [1.807, 2.05) is 31.2 Å². The quantitative estimate of drug-likeness (QED) is 0.762. The number of nitrogens with zero attached hydrogens (tertiary/aromatic N) is 2. The molecule has 2 aromatic carbocycles. The third-order valence-corrected chi connectivity index (χ3v) is 7.18. The number of aryl methyl sites for hydroxylation is 1. The van der Waals surface area contributed by atoms with E-state index in [9.17, 15) is 13.2 Å². The van der Waals surface area contributed by atoms with Gasteiger partial charge in [-0.25, -0.2) is 8.42 Å². The number of carbonyl (C=O) groups is 1. The summed E-state index contributed by atoms with van der Waals surface area (Å²) >= 11 is 0. The number of para-hydroxylation sites is 1. The Hall–Kier alpha value is -2.51. The Morgan fingerprint density at radius 1 is 1.15 bits per heavy atom. The van der Waals surface area contributed by atoms with Gasteiger partial charge >= 0.3 is 5.97 Å². The minimum absolute atomic E-state index is 0.00820. The van der Waals surface area contributed by atoms with Crippen molar-refractivity contribution in [3.05, 3.63) is 59.7 Å². The van der Waals surface area contributed by atoms with Crippen LogP contribution in [0.4, 0.5) is 5.69 Å². The first-order valence-corrected chi connectivity index (χ1v) is 10.2. The first-order valence-electron chi connectivity index (χ1n) is 8.72. The molecule has 1 unspecified atom stereocenters. The highest BCUT2D eigenvalue weighted by Gasteiger charge is 2.55. The van der Waals surface area contributed by atoms with Crippen molar-refractivity contribution in [2.24, 2.45) is 4.99 Å². The van der Waals surface area contributed by atoms with Gasteiger partial charge in [0.1, 0.15) is 5.41 Å². The fourth-order valence-corrected chi connectivity index (χ4v) is 5.35. The molecular weight excluding hydrogens is 364 g/mol. The number of ether oxygens (including phenoxy) is 1. The van der Waals surface area contributed by atoms with Crippen molar-refractivity contribution in [3.8, 4) is 0 Å². The Balaban J connectivity index is 1.80. The van der Waals surface area contributed by atoms with Gasteiger partial charge in [-0.2, -0.15) is 4.31 Å². The molecule has 0 N–H and O–H groups in total. The lowest BCUT2D eigenvalue weighted by Gasteiger charge is -2.38. The number of fused-ring (bicyclic) bond motifs is 3. The van der Waals surface area contributed by atoms with Crippen molar-refractivity contribution in [1.29, 1.82) is 0 Å². The molecule has 7 heteroatoms. The average Bonchev–Trinajstić information content (AvgIpc) is 3.02. The number of sulfonamides is 1. The molecule has 2 aliphatic rings. The van der Waals surface area contributed by atoms with Crippen LogP contribution in [-0.4, -0.2) is 44.6 Å². The first kappa shape index (κ1) is 17.9. The summed E-state index contributed by atoms with van der Waals surface area (Å²) < 4.78 is 32.8. The van der Waals surface area contributed by atoms with Gasteiger partial charge in [0, 0.05) is 30.8 Å². The van der Waals surface area contributed by atoms with Gasteiger partial charge in [-0.1, -0.05) is 35.9 Å². The highest BCUT2D eigenvalue weighted by Crippen LogP contribution is 2.45. The zero-order chi connectivity index (χ0) is 19.2. The van der Waals surface area contributed by atoms with Gasteiger partial charge in [-0.3, -0.25) is 9.79 Å². The van der Waals surface area contributed by atoms with Crippen LogP contribution in [0.15, 0.2) is 58.4 Å². The number of methoxy groups -OCH3 is 1. The minimum atomic E-state index is -3.73. The van der Waals surface area contributed by atoms with Crippen molar-refractivity contribution in [3.63, 3.8) is 0 Å². The summed E-state index contributed by atoms with van der Waals surface area (Å²) in [6.45, 7) is 2.18. The van der Waals surface area contributed by atoms with Crippen LogP contribution in [0.2, 0.25) is 0 Å². The minimum Gasteiger partial charge on any atom is -0.468 e. The fraction of sp³-hybridized carbons (Fsp3) is 0.300. The Kier molecular flexibility index (Phi) is 4.16. The number of esters is 1. The summed E-state index contributed by atoms with van der Waals surface area (Å²) in [5, 5.41) is 0. The van der Waals surface area contributed by atoms with E-state index in [1.165, 1.54) is 11.4 Å². The molecule has 4 rings (SSSR count). The molecule has 0 aliphatic carbocycles. The molecule has 0 bridgehead atoms. The lowest BCUT2D eigenvalue weighted by Crippen LogP contribution is -2.57. The van der Waals surface area contributed by atoms with Gasteiger partial charge in [0.15, 0.2) is 0 Å². The Morgan fingerprint density at radius 3 is 2.56 bits per heavy atom. The van der Waals surface area contributed by atoms with Gasteiger partial charge in [0.2, 0.25) is 10.0 Å². The third kappa shape index (κ3) is 2.61. The van der Waals surface area contributed by atoms with Crippen LogP contribution in [0.3, 0.4) is 0 Å². The monoisotopic (exact) mass is 384 g/mol. The van der Waals surface area contributed by atoms with Crippen molar-refractivity contribution < 1.29 is 17.9 Å². The van der Waals surface area contributed by atoms with E-state index in [-0.39, 0.29) is 18.0 Å². The number of rotatable bonds is 3. The van der Waals surface area contributed by atoms with Crippen LogP contribution in [0.1, 0.15) is 17.5 Å². The summed E-state index contributed by atoms with van der Waals surface area (Å²) in [5.74, 6) is -0.477. The average molecular weight is 384 g/mol. The van der Waals surface area contributed by atoms with Crippen molar-refractivity contribution in [2.45, 2.75) is 23.7 Å². The van der Waals surface area contributed by atoms with Crippen molar-refractivity contribution in [2.75, 3.05) is 20.2 Å². The van der Waals surface area contributed by atoms with E-state index < -0.39 is 21.4 Å². The van der Waals surface area contributed by atoms with Gasteiger partial charge in [-0.15, -0.1) is 0 Å². The smallest absolute Gasteiger partial charge is 0.323 e. The summed E-state index contributed by atoms with van der Waals surface area (Å²) in [6, 6.07) is 14.1. The highest BCUT2D eigenvalue weighted by atomic mass is 32.2. The molecular formula is C20H20N2O4S. The Bertz CT molecular complexity index is 1040. The van der Waals surface area contributed by atoms with E-state index in [2.05, 4.69) is 4.99 Å². The number of hydrogen-bond donors (Lipinski definition) is 0. The molecule has 0 radical (unpaired) electrons. The van der Waals surface area contributed by atoms with Crippen LogP contribution in [0.5, 0.6) is 0 Å². The SMILES string of the molecule is COC(=O)C12CN(S(=O)(=O)c3ccc(C)cc3)CCC1=Nc1ccccc12. The maximum absolute atomic E-state index is 13.2. The molecule has 2 heterocycles. The zero-order valence-electron chi connectivity index (χ0n) is 15.2. The van der Waals surface area contributed by atoms with E-state index in [4.69, 9.17) is 4.74 Å².